The van der Waals surface area contributed by atoms with E-state index in [0.717, 1.165) is 23.1 Å². The van der Waals surface area contributed by atoms with E-state index in [4.69, 9.17) is 11.0 Å². The Morgan fingerprint density at radius 2 is 2.21 bits per heavy atom. The SMILES string of the molecule is N#CCCN(c1ccnc2cc(N)ccc12)C1CC1. The standard InChI is InChI=1S/C15H16N4/c16-7-1-9-19(12-3-4-12)15-6-8-18-14-10-11(17)2-5-13(14)15/h2,5-6,8,10,12H,1,3-4,9,17H2. The summed E-state index contributed by atoms with van der Waals surface area (Å²) in [6.45, 7) is 0.782. The molecule has 1 aliphatic carbocycles. The average Bonchev–Trinajstić information content (AvgIpc) is 3.23. The van der Waals surface area contributed by atoms with Crippen molar-refractivity contribution in [3.05, 3.63) is 30.5 Å². The predicted molar refractivity (Wildman–Crippen MR) is 76.8 cm³/mol. The van der Waals surface area contributed by atoms with E-state index in [-0.39, 0.29) is 0 Å². The summed E-state index contributed by atoms with van der Waals surface area (Å²) in [6.07, 6.45) is 4.79. The van der Waals surface area contributed by atoms with Crippen molar-refractivity contribution in [3.8, 4) is 6.07 Å². The number of rotatable bonds is 4. The molecule has 0 amide bonds. The highest BCUT2D eigenvalue weighted by molar-refractivity contribution is 5.93. The number of nitrogen functional groups attached to an aromatic ring is 1. The Kier molecular flexibility index (Phi) is 2.96. The number of nitrogens with zero attached hydrogens (tertiary/aromatic N) is 3. The van der Waals surface area contributed by atoms with Crippen molar-refractivity contribution in [2.75, 3.05) is 17.2 Å². The molecular weight excluding hydrogens is 236 g/mol. The fraction of sp³-hybridized carbons (Fsp3) is 0.333. The van der Waals surface area contributed by atoms with Gasteiger partial charge >= 0.3 is 0 Å². The number of hydrogen-bond acceptors (Lipinski definition) is 4. The van der Waals surface area contributed by atoms with Crippen molar-refractivity contribution in [2.24, 2.45) is 0 Å². The van der Waals surface area contributed by atoms with Crippen LogP contribution in [0.25, 0.3) is 10.9 Å². The van der Waals surface area contributed by atoms with Crippen LogP contribution in [0.2, 0.25) is 0 Å². The molecular formula is C15H16N4. The van der Waals surface area contributed by atoms with Crippen molar-refractivity contribution >= 4 is 22.3 Å². The van der Waals surface area contributed by atoms with Gasteiger partial charge in [0.15, 0.2) is 0 Å². The van der Waals surface area contributed by atoms with E-state index in [1.165, 1.54) is 18.5 Å². The van der Waals surface area contributed by atoms with E-state index in [9.17, 15) is 0 Å². The quantitative estimate of drug-likeness (QED) is 0.850. The summed E-state index contributed by atoms with van der Waals surface area (Å²) in [6, 6.07) is 10.7. The molecule has 0 saturated heterocycles. The molecule has 2 N–H and O–H groups in total. The molecule has 4 heteroatoms. The number of nitriles is 1. The molecule has 1 saturated carbocycles. The molecule has 0 radical (unpaired) electrons. The molecule has 4 nitrogen and oxygen atoms in total. The van der Waals surface area contributed by atoms with Gasteiger partial charge in [0.25, 0.3) is 0 Å². The number of nitrogens with two attached hydrogens (primary N) is 1. The maximum absolute atomic E-state index is 8.81. The molecule has 96 valence electrons. The van der Waals surface area contributed by atoms with Gasteiger partial charge in [0.05, 0.1) is 18.0 Å². The van der Waals surface area contributed by atoms with Crippen molar-refractivity contribution in [1.82, 2.24) is 4.98 Å². The number of aromatic nitrogens is 1. The van der Waals surface area contributed by atoms with E-state index < -0.39 is 0 Å². The van der Waals surface area contributed by atoms with Gasteiger partial charge in [-0.1, -0.05) is 0 Å². The van der Waals surface area contributed by atoms with Crippen LogP contribution < -0.4 is 10.6 Å². The fourth-order valence-corrected chi connectivity index (χ4v) is 2.46. The molecule has 0 bridgehead atoms. The maximum Gasteiger partial charge on any atom is 0.0743 e. The second kappa shape index (κ2) is 4.77. The van der Waals surface area contributed by atoms with Gasteiger partial charge in [0.2, 0.25) is 0 Å². The normalized spacial score (nSPS) is 14.3. The van der Waals surface area contributed by atoms with Gasteiger partial charge < -0.3 is 10.6 Å². The Labute approximate surface area is 112 Å². The lowest BCUT2D eigenvalue weighted by atomic mass is 10.1. The third kappa shape index (κ3) is 2.32. The minimum Gasteiger partial charge on any atom is -0.399 e. The molecule has 1 aromatic heterocycles. The maximum atomic E-state index is 8.81. The Morgan fingerprint density at radius 3 is 2.95 bits per heavy atom. The van der Waals surface area contributed by atoms with Crippen LogP contribution in [-0.2, 0) is 0 Å². The van der Waals surface area contributed by atoms with Crippen molar-refractivity contribution < 1.29 is 0 Å². The van der Waals surface area contributed by atoms with Crippen molar-refractivity contribution in [3.63, 3.8) is 0 Å². The van der Waals surface area contributed by atoms with Gasteiger partial charge in [-0.15, -0.1) is 0 Å². The second-order valence-corrected chi connectivity index (χ2v) is 4.94. The molecule has 1 aliphatic rings. The minimum atomic E-state index is 0.551. The third-order valence-electron chi connectivity index (χ3n) is 3.51. The second-order valence-electron chi connectivity index (χ2n) is 4.94. The smallest absolute Gasteiger partial charge is 0.0743 e. The van der Waals surface area contributed by atoms with Crippen molar-refractivity contribution in [1.29, 1.82) is 5.26 Å². The van der Waals surface area contributed by atoms with Crippen LogP contribution in [0.4, 0.5) is 11.4 Å². The zero-order chi connectivity index (χ0) is 13.2. The molecule has 1 fully saturated rings. The van der Waals surface area contributed by atoms with Crippen LogP contribution in [0.3, 0.4) is 0 Å². The largest absolute Gasteiger partial charge is 0.399 e. The molecule has 0 unspecified atom stereocenters. The Hall–Kier alpha value is -2.28. The molecule has 0 spiro atoms. The van der Waals surface area contributed by atoms with E-state index >= 15 is 0 Å². The number of anilines is 2. The highest BCUT2D eigenvalue weighted by Gasteiger charge is 2.29. The summed E-state index contributed by atoms with van der Waals surface area (Å²) in [5.41, 5.74) is 8.62. The first-order valence-corrected chi connectivity index (χ1v) is 6.57. The highest BCUT2D eigenvalue weighted by Crippen LogP contribution is 2.35. The lowest BCUT2D eigenvalue weighted by Gasteiger charge is -2.25. The van der Waals surface area contributed by atoms with Crippen LogP contribution in [0.15, 0.2) is 30.5 Å². The van der Waals surface area contributed by atoms with Gasteiger partial charge in [-0.05, 0) is 37.1 Å². The highest BCUT2D eigenvalue weighted by atomic mass is 15.2. The molecule has 1 aromatic carbocycles. The first-order valence-electron chi connectivity index (χ1n) is 6.57. The molecule has 3 rings (SSSR count). The first kappa shape index (κ1) is 11.8. The van der Waals surface area contributed by atoms with Crippen LogP contribution in [0.5, 0.6) is 0 Å². The molecule has 19 heavy (non-hydrogen) atoms. The van der Waals surface area contributed by atoms with E-state index in [1.807, 2.05) is 30.5 Å². The van der Waals surface area contributed by atoms with Gasteiger partial charge in [-0.3, -0.25) is 4.98 Å². The van der Waals surface area contributed by atoms with Gasteiger partial charge in [0.1, 0.15) is 0 Å². The number of benzene rings is 1. The van der Waals surface area contributed by atoms with E-state index in [2.05, 4.69) is 16.0 Å². The molecule has 0 aliphatic heterocycles. The average molecular weight is 252 g/mol. The fourth-order valence-electron chi connectivity index (χ4n) is 2.46. The van der Waals surface area contributed by atoms with Crippen LogP contribution in [0, 0.1) is 11.3 Å². The molecule has 0 atom stereocenters. The Balaban J connectivity index is 2.04. The Bertz CT molecular complexity index is 640. The third-order valence-corrected chi connectivity index (χ3v) is 3.51. The predicted octanol–water partition coefficient (Wildman–Crippen LogP) is 2.70. The van der Waals surface area contributed by atoms with E-state index in [0.29, 0.717) is 12.5 Å². The summed E-state index contributed by atoms with van der Waals surface area (Å²) in [5.74, 6) is 0. The molecule has 1 heterocycles. The van der Waals surface area contributed by atoms with Gasteiger partial charge in [-0.2, -0.15) is 5.26 Å². The Morgan fingerprint density at radius 1 is 1.37 bits per heavy atom. The van der Waals surface area contributed by atoms with Gasteiger partial charge in [-0.25, -0.2) is 0 Å². The number of hydrogen-bond donors (Lipinski definition) is 1. The number of fused-ring (bicyclic) bond motifs is 1. The summed E-state index contributed by atoms with van der Waals surface area (Å²) >= 11 is 0. The monoisotopic (exact) mass is 252 g/mol. The lowest BCUT2D eigenvalue weighted by molar-refractivity contribution is 0.796. The first-order chi connectivity index (χ1) is 9.29. The van der Waals surface area contributed by atoms with Crippen molar-refractivity contribution in [2.45, 2.75) is 25.3 Å². The summed E-state index contributed by atoms with van der Waals surface area (Å²) in [7, 11) is 0. The summed E-state index contributed by atoms with van der Waals surface area (Å²) in [5, 5.41) is 9.92. The van der Waals surface area contributed by atoms with Crippen LogP contribution in [0.1, 0.15) is 19.3 Å². The summed E-state index contributed by atoms with van der Waals surface area (Å²) in [4.78, 5) is 6.71. The molecule has 2 aromatic rings. The van der Waals surface area contributed by atoms with E-state index in [1.54, 1.807) is 0 Å². The lowest BCUT2D eigenvalue weighted by Crippen LogP contribution is -2.26. The zero-order valence-electron chi connectivity index (χ0n) is 10.7. The van der Waals surface area contributed by atoms with Gasteiger partial charge in [0, 0.05) is 35.5 Å². The summed E-state index contributed by atoms with van der Waals surface area (Å²) < 4.78 is 0. The van der Waals surface area contributed by atoms with Crippen LogP contribution >= 0.6 is 0 Å². The zero-order valence-corrected chi connectivity index (χ0v) is 10.7. The topological polar surface area (TPSA) is 65.9 Å². The van der Waals surface area contributed by atoms with Crippen LogP contribution in [-0.4, -0.2) is 17.6 Å². The minimum absolute atomic E-state index is 0.551. The number of pyridine rings is 1.